The van der Waals surface area contributed by atoms with Gasteiger partial charge in [0, 0.05) is 11.6 Å². The molecule has 1 heterocycles. The van der Waals surface area contributed by atoms with E-state index < -0.39 is 0 Å². The maximum atomic E-state index is 5.60. The highest BCUT2D eigenvalue weighted by atomic mass is 32.1. The van der Waals surface area contributed by atoms with Gasteiger partial charge in [-0.25, -0.2) is 4.98 Å². The van der Waals surface area contributed by atoms with Crippen molar-refractivity contribution in [1.29, 1.82) is 0 Å². The number of hydrogen-bond donors (Lipinski definition) is 1. The van der Waals surface area contributed by atoms with E-state index in [0.717, 1.165) is 22.9 Å². The summed E-state index contributed by atoms with van der Waals surface area (Å²) in [5.41, 5.74) is 3.79. The van der Waals surface area contributed by atoms with Crippen LogP contribution in [0.4, 0.5) is 5.13 Å². The van der Waals surface area contributed by atoms with Crippen LogP contribution in [0.2, 0.25) is 0 Å². The lowest BCUT2D eigenvalue weighted by molar-refractivity contribution is 0.294. The summed E-state index contributed by atoms with van der Waals surface area (Å²) in [5, 5.41) is 6.78. The zero-order valence-corrected chi connectivity index (χ0v) is 12.3. The number of ether oxygens (including phenoxy) is 2. The van der Waals surface area contributed by atoms with Crippen molar-refractivity contribution in [3.05, 3.63) is 35.3 Å². The third-order valence-electron chi connectivity index (χ3n) is 2.46. The van der Waals surface area contributed by atoms with Gasteiger partial charge in [0.2, 0.25) is 5.13 Å². The molecule has 0 aliphatic heterocycles. The lowest BCUT2D eigenvalue weighted by atomic mass is 10.2. The summed E-state index contributed by atoms with van der Waals surface area (Å²) in [4.78, 5) is 4.08. The normalized spacial score (nSPS) is 10.7. The summed E-state index contributed by atoms with van der Waals surface area (Å²) in [6.45, 7) is 2.74. The maximum absolute atomic E-state index is 5.60. The Hall–Kier alpha value is -2.08. The summed E-state index contributed by atoms with van der Waals surface area (Å²) < 4.78 is 10.9. The topological polar surface area (TPSA) is 55.7 Å². The van der Waals surface area contributed by atoms with E-state index >= 15 is 0 Å². The Morgan fingerprint density at radius 1 is 1.40 bits per heavy atom. The minimum Gasteiger partial charge on any atom is -0.493 e. The molecule has 1 aromatic carbocycles. The van der Waals surface area contributed by atoms with E-state index in [-0.39, 0.29) is 0 Å². The molecule has 0 aliphatic carbocycles. The molecule has 0 aliphatic rings. The molecule has 2 aromatic rings. The summed E-state index contributed by atoms with van der Waals surface area (Å²) in [5.74, 6) is 1.45. The van der Waals surface area contributed by atoms with Crippen molar-refractivity contribution in [3.63, 3.8) is 0 Å². The molecule has 5 nitrogen and oxygen atoms in total. The molecule has 0 spiro atoms. The number of anilines is 1. The first kappa shape index (κ1) is 14.3. The average Bonchev–Trinajstić information content (AvgIpc) is 2.99. The van der Waals surface area contributed by atoms with Crippen molar-refractivity contribution in [2.75, 3.05) is 19.1 Å². The fraction of sp³-hybridized carbons (Fsp3) is 0.286. The Labute approximate surface area is 122 Å². The molecule has 6 heteroatoms. The number of rotatable bonds is 7. The van der Waals surface area contributed by atoms with Crippen LogP contribution in [0.15, 0.2) is 34.9 Å². The van der Waals surface area contributed by atoms with Crippen molar-refractivity contribution in [1.82, 2.24) is 4.98 Å². The molecule has 1 aromatic heterocycles. The number of hydrogen-bond acceptors (Lipinski definition) is 6. The van der Waals surface area contributed by atoms with Crippen molar-refractivity contribution < 1.29 is 9.47 Å². The highest BCUT2D eigenvalue weighted by Crippen LogP contribution is 2.27. The van der Waals surface area contributed by atoms with Gasteiger partial charge in [0.1, 0.15) is 0 Å². The molecular weight excluding hydrogens is 274 g/mol. The third kappa shape index (κ3) is 3.96. The van der Waals surface area contributed by atoms with Gasteiger partial charge < -0.3 is 9.47 Å². The van der Waals surface area contributed by atoms with Crippen LogP contribution in [0.5, 0.6) is 11.5 Å². The highest BCUT2D eigenvalue weighted by Gasteiger charge is 2.04. The molecule has 0 fully saturated rings. The predicted molar refractivity (Wildman–Crippen MR) is 82.1 cm³/mol. The second kappa shape index (κ2) is 7.49. The molecule has 0 bridgehead atoms. The number of thiazole rings is 1. The highest BCUT2D eigenvalue weighted by molar-refractivity contribution is 7.13. The first-order valence-electron chi connectivity index (χ1n) is 6.33. The molecule has 0 saturated carbocycles. The first-order valence-corrected chi connectivity index (χ1v) is 7.21. The summed E-state index contributed by atoms with van der Waals surface area (Å²) in [6.07, 6.45) is 4.41. The standard InChI is InChI=1S/C14H17N3O2S/c1-3-7-19-12-5-4-11(9-13(12)18-2)10-16-17-14-15-6-8-20-14/h4-6,8-10H,3,7H2,1-2H3,(H,15,17)/b16-10+. The lowest BCUT2D eigenvalue weighted by Gasteiger charge is -2.10. The van der Waals surface area contributed by atoms with Crippen LogP contribution >= 0.6 is 11.3 Å². The SMILES string of the molecule is CCCOc1ccc(/C=N/Nc2nccs2)cc1OC. The molecule has 0 unspecified atom stereocenters. The minimum atomic E-state index is 0.676. The largest absolute Gasteiger partial charge is 0.493 e. The molecule has 1 N–H and O–H groups in total. The van der Waals surface area contributed by atoms with Crippen molar-refractivity contribution in [2.24, 2.45) is 5.10 Å². The third-order valence-corrected chi connectivity index (χ3v) is 3.13. The Morgan fingerprint density at radius 2 is 2.30 bits per heavy atom. The van der Waals surface area contributed by atoms with E-state index in [0.29, 0.717) is 12.4 Å². The quantitative estimate of drug-likeness (QED) is 0.627. The van der Waals surface area contributed by atoms with Crippen molar-refractivity contribution in [3.8, 4) is 11.5 Å². The number of aromatic nitrogens is 1. The summed E-state index contributed by atoms with van der Waals surface area (Å²) >= 11 is 1.50. The zero-order valence-electron chi connectivity index (χ0n) is 11.5. The second-order valence-electron chi connectivity index (χ2n) is 3.97. The van der Waals surface area contributed by atoms with Gasteiger partial charge >= 0.3 is 0 Å². The molecule has 0 atom stereocenters. The Morgan fingerprint density at radius 3 is 3.00 bits per heavy atom. The number of nitrogens with one attached hydrogen (secondary N) is 1. The van der Waals surface area contributed by atoms with Gasteiger partial charge in [-0.3, -0.25) is 5.43 Å². The molecule has 2 rings (SSSR count). The fourth-order valence-electron chi connectivity index (χ4n) is 1.54. The van der Waals surface area contributed by atoms with Gasteiger partial charge in [-0.05, 0) is 30.2 Å². The molecular formula is C14H17N3O2S. The van der Waals surface area contributed by atoms with Gasteiger partial charge in [0.15, 0.2) is 11.5 Å². The van der Waals surface area contributed by atoms with Crippen molar-refractivity contribution >= 4 is 22.7 Å². The summed E-state index contributed by atoms with van der Waals surface area (Å²) in [6, 6.07) is 5.71. The van der Waals surface area contributed by atoms with Crippen LogP contribution in [-0.2, 0) is 0 Å². The van der Waals surface area contributed by atoms with E-state index in [2.05, 4.69) is 22.4 Å². The molecule has 0 amide bonds. The van der Waals surface area contributed by atoms with E-state index in [1.54, 1.807) is 19.5 Å². The van der Waals surface area contributed by atoms with E-state index in [9.17, 15) is 0 Å². The van der Waals surface area contributed by atoms with Crippen LogP contribution in [0, 0.1) is 0 Å². The van der Waals surface area contributed by atoms with Gasteiger partial charge in [0.25, 0.3) is 0 Å². The van der Waals surface area contributed by atoms with Crippen LogP contribution in [0.25, 0.3) is 0 Å². The van der Waals surface area contributed by atoms with Crippen LogP contribution < -0.4 is 14.9 Å². The van der Waals surface area contributed by atoms with Crippen molar-refractivity contribution in [2.45, 2.75) is 13.3 Å². The van der Waals surface area contributed by atoms with Crippen LogP contribution in [0.1, 0.15) is 18.9 Å². The average molecular weight is 291 g/mol. The fourth-order valence-corrected chi connectivity index (χ4v) is 2.01. The van der Waals surface area contributed by atoms with Gasteiger partial charge in [0.05, 0.1) is 19.9 Å². The first-order chi connectivity index (χ1) is 9.83. The molecule has 20 heavy (non-hydrogen) atoms. The lowest BCUT2D eigenvalue weighted by Crippen LogP contribution is -1.98. The Bertz CT molecular complexity index is 556. The monoisotopic (exact) mass is 291 g/mol. The van der Waals surface area contributed by atoms with Crippen LogP contribution in [-0.4, -0.2) is 24.9 Å². The summed E-state index contributed by atoms with van der Waals surface area (Å²) in [7, 11) is 1.63. The number of benzene rings is 1. The molecule has 0 radical (unpaired) electrons. The zero-order chi connectivity index (χ0) is 14.2. The van der Waals surface area contributed by atoms with Crippen LogP contribution in [0.3, 0.4) is 0 Å². The van der Waals surface area contributed by atoms with E-state index in [1.807, 2.05) is 23.6 Å². The Balaban J connectivity index is 2.03. The van der Waals surface area contributed by atoms with Gasteiger partial charge in [-0.2, -0.15) is 5.10 Å². The molecule has 0 saturated heterocycles. The predicted octanol–water partition coefficient (Wildman–Crippen LogP) is 3.39. The smallest absolute Gasteiger partial charge is 0.203 e. The number of nitrogens with zero attached hydrogens (tertiary/aromatic N) is 2. The van der Waals surface area contributed by atoms with Gasteiger partial charge in [-0.1, -0.05) is 6.92 Å². The molecule has 106 valence electrons. The Kier molecular flexibility index (Phi) is 5.37. The van der Waals surface area contributed by atoms with E-state index in [1.165, 1.54) is 11.3 Å². The number of methoxy groups -OCH3 is 1. The maximum Gasteiger partial charge on any atom is 0.203 e. The minimum absolute atomic E-state index is 0.676. The van der Waals surface area contributed by atoms with E-state index in [4.69, 9.17) is 9.47 Å². The second-order valence-corrected chi connectivity index (χ2v) is 4.86. The number of hydrazone groups is 1. The van der Waals surface area contributed by atoms with Gasteiger partial charge in [-0.15, -0.1) is 11.3 Å².